The van der Waals surface area contributed by atoms with Gasteiger partial charge < -0.3 is 10.1 Å². The standard InChI is InChI=1S/C15H20ClF3N4O3S/c16-13-9-11(15(17,18)19)10-20-14(13)21-12-1-3-22(4-2-12)27(24,25)23-5-7-26-8-6-23/h9-10,12H,1-8H2,(H,20,21). The van der Waals surface area contributed by atoms with Gasteiger partial charge in [0, 0.05) is 38.4 Å². The van der Waals surface area contributed by atoms with Crippen molar-refractivity contribution in [2.75, 3.05) is 44.7 Å². The molecule has 27 heavy (non-hydrogen) atoms. The van der Waals surface area contributed by atoms with Crippen molar-refractivity contribution in [3.05, 3.63) is 22.8 Å². The van der Waals surface area contributed by atoms with Gasteiger partial charge in [0.05, 0.1) is 23.8 Å². The van der Waals surface area contributed by atoms with E-state index in [2.05, 4.69) is 10.3 Å². The molecule has 1 aromatic heterocycles. The van der Waals surface area contributed by atoms with E-state index in [1.165, 1.54) is 8.61 Å². The van der Waals surface area contributed by atoms with E-state index in [0.29, 0.717) is 52.2 Å². The largest absolute Gasteiger partial charge is 0.417 e. The van der Waals surface area contributed by atoms with Gasteiger partial charge in [0.15, 0.2) is 0 Å². The van der Waals surface area contributed by atoms with E-state index >= 15 is 0 Å². The summed E-state index contributed by atoms with van der Waals surface area (Å²) in [4.78, 5) is 3.76. The minimum absolute atomic E-state index is 0.117. The maximum absolute atomic E-state index is 12.7. The second-order valence-electron chi connectivity index (χ2n) is 6.39. The number of hydrogen-bond donors (Lipinski definition) is 1. The smallest absolute Gasteiger partial charge is 0.379 e. The summed E-state index contributed by atoms with van der Waals surface area (Å²) in [6, 6.07) is 0.706. The monoisotopic (exact) mass is 428 g/mol. The summed E-state index contributed by atoms with van der Waals surface area (Å²) in [5.41, 5.74) is -0.913. The van der Waals surface area contributed by atoms with Crippen LogP contribution < -0.4 is 5.32 Å². The highest BCUT2D eigenvalue weighted by atomic mass is 35.5. The molecule has 2 fully saturated rings. The van der Waals surface area contributed by atoms with Crippen molar-refractivity contribution in [3.63, 3.8) is 0 Å². The SMILES string of the molecule is O=S(=O)(N1CCOCC1)N1CCC(Nc2ncc(C(F)(F)F)cc2Cl)CC1. The van der Waals surface area contributed by atoms with E-state index in [-0.39, 0.29) is 16.9 Å². The van der Waals surface area contributed by atoms with Crippen molar-refractivity contribution in [2.24, 2.45) is 0 Å². The molecule has 7 nitrogen and oxygen atoms in total. The zero-order valence-electron chi connectivity index (χ0n) is 14.4. The van der Waals surface area contributed by atoms with Crippen LogP contribution in [-0.2, 0) is 21.1 Å². The van der Waals surface area contributed by atoms with Crippen LogP contribution in [0, 0.1) is 0 Å². The van der Waals surface area contributed by atoms with Crippen LogP contribution in [-0.4, -0.2) is 67.4 Å². The molecule has 0 saturated carbocycles. The maximum atomic E-state index is 12.7. The minimum atomic E-state index is -4.51. The van der Waals surface area contributed by atoms with Crippen molar-refractivity contribution in [1.82, 2.24) is 13.6 Å². The van der Waals surface area contributed by atoms with Gasteiger partial charge in [-0.15, -0.1) is 0 Å². The predicted molar refractivity (Wildman–Crippen MR) is 93.8 cm³/mol. The Morgan fingerprint density at radius 2 is 1.74 bits per heavy atom. The number of piperidine rings is 1. The van der Waals surface area contributed by atoms with Crippen LogP contribution >= 0.6 is 11.6 Å². The molecule has 3 heterocycles. The predicted octanol–water partition coefficient (Wildman–Crippen LogP) is 2.21. The van der Waals surface area contributed by atoms with Crippen molar-refractivity contribution in [2.45, 2.75) is 25.1 Å². The quantitative estimate of drug-likeness (QED) is 0.795. The molecule has 152 valence electrons. The number of hydrogen-bond acceptors (Lipinski definition) is 5. The Balaban J connectivity index is 1.58. The first-order valence-electron chi connectivity index (χ1n) is 8.50. The number of morpholine rings is 1. The number of alkyl halides is 3. The zero-order chi connectivity index (χ0) is 19.7. The van der Waals surface area contributed by atoms with Crippen LogP contribution in [0.25, 0.3) is 0 Å². The van der Waals surface area contributed by atoms with Crippen LogP contribution in [0.5, 0.6) is 0 Å². The highest BCUT2D eigenvalue weighted by Gasteiger charge is 2.34. The molecule has 0 unspecified atom stereocenters. The first kappa shape index (κ1) is 20.6. The summed E-state index contributed by atoms with van der Waals surface area (Å²) in [5.74, 6) is 0.166. The highest BCUT2D eigenvalue weighted by molar-refractivity contribution is 7.86. The fraction of sp³-hybridized carbons (Fsp3) is 0.667. The molecule has 12 heteroatoms. The normalized spacial score (nSPS) is 21.3. The number of ether oxygens (including phenoxy) is 1. The van der Waals surface area contributed by atoms with E-state index in [1.54, 1.807) is 0 Å². The molecule has 0 spiro atoms. The van der Waals surface area contributed by atoms with E-state index in [4.69, 9.17) is 16.3 Å². The number of nitrogens with zero attached hydrogens (tertiary/aromatic N) is 3. The lowest BCUT2D eigenvalue weighted by atomic mass is 10.1. The highest BCUT2D eigenvalue weighted by Crippen LogP contribution is 2.33. The van der Waals surface area contributed by atoms with Crippen molar-refractivity contribution in [1.29, 1.82) is 0 Å². The fourth-order valence-corrected chi connectivity index (χ4v) is 4.89. The minimum Gasteiger partial charge on any atom is -0.379 e. The van der Waals surface area contributed by atoms with Crippen LogP contribution in [0.1, 0.15) is 18.4 Å². The molecule has 3 rings (SSSR count). The first-order chi connectivity index (χ1) is 12.7. The van der Waals surface area contributed by atoms with Crippen molar-refractivity contribution < 1.29 is 26.3 Å². The average molecular weight is 429 g/mol. The van der Waals surface area contributed by atoms with Gasteiger partial charge in [-0.2, -0.15) is 30.2 Å². The van der Waals surface area contributed by atoms with Gasteiger partial charge >= 0.3 is 6.18 Å². The van der Waals surface area contributed by atoms with E-state index in [1.807, 2.05) is 0 Å². The Bertz CT molecular complexity index is 764. The molecule has 2 saturated heterocycles. The number of nitrogens with one attached hydrogen (secondary N) is 1. The molecule has 0 aromatic carbocycles. The van der Waals surface area contributed by atoms with Gasteiger partial charge in [0.2, 0.25) is 0 Å². The van der Waals surface area contributed by atoms with Crippen molar-refractivity contribution in [3.8, 4) is 0 Å². The molecule has 0 bridgehead atoms. The first-order valence-corrected chi connectivity index (χ1v) is 10.3. The summed E-state index contributed by atoms with van der Waals surface area (Å²) in [7, 11) is -3.52. The Morgan fingerprint density at radius 3 is 2.30 bits per heavy atom. The Kier molecular flexibility index (Phi) is 6.16. The average Bonchev–Trinajstić information content (AvgIpc) is 2.64. The van der Waals surface area contributed by atoms with E-state index in [0.717, 1.165) is 12.3 Å². The Hall–Kier alpha value is -1.14. The molecule has 0 atom stereocenters. The molecule has 1 aromatic rings. The molecule has 2 aliphatic rings. The number of aromatic nitrogens is 1. The lowest BCUT2D eigenvalue weighted by Gasteiger charge is -2.36. The van der Waals surface area contributed by atoms with Crippen LogP contribution in [0.4, 0.5) is 19.0 Å². The van der Waals surface area contributed by atoms with Gasteiger partial charge in [-0.3, -0.25) is 0 Å². The second-order valence-corrected chi connectivity index (χ2v) is 8.72. The molecule has 0 amide bonds. The summed E-state index contributed by atoms with van der Waals surface area (Å²) in [6.45, 7) is 2.08. The maximum Gasteiger partial charge on any atom is 0.417 e. The van der Waals surface area contributed by atoms with Gasteiger partial charge in [0.1, 0.15) is 5.82 Å². The van der Waals surface area contributed by atoms with Gasteiger partial charge in [-0.05, 0) is 18.9 Å². The summed E-state index contributed by atoms with van der Waals surface area (Å²) >= 11 is 5.91. The molecule has 0 radical (unpaired) electrons. The zero-order valence-corrected chi connectivity index (χ0v) is 15.9. The van der Waals surface area contributed by atoms with E-state index in [9.17, 15) is 21.6 Å². The molecular weight excluding hydrogens is 409 g/mol. The number of anilines is 1. The molecular formula is C15H20ClF3N4O3S. The van der Waals surface area contributed by atoms with Crippen LogP contribution in [0.2, 0.25) is 5.02 Å². The third-order valence-corrected chi connectivity index (χ3v) is 6.91. The van der Waals surface area contributed by atoms with E-state index < -0.39 is 21.9 Å². The van der Waals surface area contributed by atoms with Gasteiger partial charge in [-0.1, -0.05) is 11.6 Å². The fourth-order valence-electron chi connectivity index (χ4n) is 3.06. The topological polar surface area (TPSA) is 74.8 Å². The van der Waals surface area contributed by atoms with Crippen molar-refractivity contribution >= 4 is 27.6 Å². The third kappa shape index (κ3) is 4.83. The molecule has 1 N–H and O–H groups in total. The third-order valence-electron chi connectivity index (χ3n) is 4.59. The lowest BCUT2D eigenvalue weighted by Crippen LogP contribution is -2.51. The summed E-state index contributed by atoms with van der Waals surface area (Å²) in [6.07, 6.45) is -2.77. The summed E-state index contributed by atoms with van der Waals surface area (Å²) < 4.78 is 71.3. The number of pyridine rings is 1. The van der Waals surface area contributed by atoms with Crippen LogP contribution in [0.3, 0.4) is 0 Å². The van der Waals surface area contributed by atoms with Crippen LogP contribution in [0.15, 0.2) is 12.3 Å². The second kappa shape index (κ2) is 8.08. The molecule has 2 aliphatic heterocycles. The Labute approximate surface area is 160 Å². The number of halogens is 4. The van der Waals surface area contributed by atoms with Gasteiger partial charge in [-0.25, -0.2) is 4.98 Å². The number of rotatable bonds is 4. The molecule has 0 aliphatic carbocycles. The Morgan fingerprint density at radius 1 is 1.15 bits per heavy atom. The van der Waals surface area contributed by atoms with Gasteiger partial charge in [0.25, 0.3) is 10.2 Å². The summed E-state index contributed by atoms with van der Waals surface area (Å²) in [5, 5.41) is 2.90. The lowest BCUT2D eigenvalue weighted by molar-refractivity contribution is -0.137.